The van der Waals surface area contributed by atoms with Crippen LogP contribution in [0.15, 0.2) is 24.3 Å². The van der Waals surface area contributed by atoms with E-state index in [1.54, 1.807) is 24.3 Å². The Labute approximate surface area is 122 Å². The molecule has 2 rings (SSSR count). The molecule has 112 valence electrons. The van der Waals surface area contributed by atoms with Crippen LogP contribution >= 0.6 is 0 Å². The van der Waals surface area contributed by atoms with Crippen molar-refractivity contribution in [3.05, 3.63) is 29.8 Å². The summed E-state index contributed by atoms with van der Waals surface area (Å²) >= 11 is 0. The lowest BCUT2D eigenvalue weighted by molar-refractivity contribution is -0.149. The average molecular weight is 291 g/mol. The summed E-state index contributed by atoms with van der Waals surface area (Å²) in [4.78, 5) is 34.8. The number of hydrogen-bond acceptors (Lipinski definition) is 5. The summed E-state index contributed by atoms with van der Waals surface area (Å²) < 4.78 is 9.82. The van der Waals surface area contributed by atoms with Gasteiger partial charge in [0.1, 0.15) is 5.75 Å². The van der Waals surface area contributed by atoms with Gasteiger partial charge in [-0.2, -0.15) is 0 Å². The first kappa shape index (κ1) is 15.0. The zero-order chi connectivity index (χ0) is 15.4. The molecule has 2 atom stereocenters. The quantitative estimate of drug-likeness (QED) is 0.823. The molecule has 1 aliphatic carbocycles. The topological polar surface area (TPSA) is 81.7 Å². The molecule has 0 aromatic heterocycles. The van der Waals surface area contributed by atoms with E-state index in [0.29, 0.717) is 17.2 Å². The molecular formula is C15H17NO5. The second kappa shape index (κ2) is 6.39. The Morgan fingerprint density at radius 2 is 1.86 bits per heavy atom. The van der Waals surface area contributed by atoms with E-state index < -0.39 is 18.4 Å². The van der Waals surface area contributed by atoms with Gasteiger partial charge in [0.2, 0.25) is 0 Å². The van der Waals surface area contributed by atoms with Crippen molar-refractivity contribution in [3.8, 4) is 5.75 Å². The van der Waals surface area contributed by atoms with Crippen molar-refractivity contribution in [1.82, 2.24) is 5.32 Å². The number of esters is 1. The fraction of sp³-hybridized carbons (Fsp3) is 0.400. The van der Waals surface area contributed by atoms with Crippen LogP contribution in [0.3, 0.4) is 0 Å². The Morgan fingerprint density at radius 1 is 1.24 bits per heavy atom. The van der Waals surface area contributed by atoms with Gasteiger partial charge in [0, 0.05) is 5.56 Å². The number of carbonyl (C=O) groups excluding carboxylic acids is 3. The SMILES string of the molecule is COc1ccc(C(=O)NC(=O)COC(=O)C2CC2C)cc1. The minimum Gasteiger partial charge on any atom is -0.497 e. The Bertz CT molecular complexity index is 552. The van der Waals surface area contributed by atoms with Gasteiger partial charge in [-0.05, 0) is 36.6 Å². The largest absolute Gasteiger partial charge is 0.497 e. The number of benzene rings is 1. The van der Waals surface area contributed by atoms with Gasteiger partial charge in [-0.25, -0.2) is 0 Å². The number of nitrogens with one attached hydrogen (secondary N) is 1. The molecule has 0 radical (unpaired) electrons. The van der Waals surface area contributed by atoms with Gasteiger partial charge >= 0.3 is 5.97 Å². The lowest BCUT2D eigenvalue weighted by Crippen LogP contribution is -2.34. The Balaban J connectivity index is 1.78. The molecule has 1 fully saturated rings. The molecule has 0 saturated heterocycles. The fourth-order valence-corrected chi connectivity index (χ4v) is 1.87. The van der Waals surface area contributed by atoms with Gasteiger partial charge in [-0.1, -0.05) is 6.92 Å². The summed E-state index contributed by atoms with van der Waals surface area (Å²) in [5.74, 6) is -0.729. The lowest BCUT2D eigenvalue weighted by atomic mass is 10.2. The Hall–Kier alpha value is -2.37. The van der Waals surface area contributed by atoms with Crippen molar-refractivity contribution in [3.63, 3.8) is 0 Å². The number of hydrogen-bond donors (Lipinski definition) is 1. The summed E-state index contributed by atoms with van der Waals surface area (Å²) in [5.41, 5.74) is 0.325. The number of ether oxygens (including phenoxy) is 2. The van der Waals surface area contributed by atoms with Gasteiger partial charge in [0.05, 0.1) is 13.0 Å². The highest BCUT2D eigenvalue weighted by Crippen LogP contribution is 2.38. The maximum Gasteiger partial charge on any atom is 0.309 e. The molecule has 6 nitrogen and oxygen atoms in total. The third-order valence-corrected chi connectivity index (χ3v) is 3.36. The summed E-state index contributed by atoms with van der Waals surface area (Å²) in [6.07, 6.45) is 0.797. The second-order valence-corrected chi connectivity index (χ2v) is 5.03. The Kier molecular flexibility index (Phi) is 4.57. The predicted molar refractivity (Wildman–Crippen MR) is 73.7 cm³/mol. The number of imide groups is 1. The summed E-state index contributed by atoms with van der Waals surface area (Å²) in [6.45, 7) is 1.50. The van der Waals surface area contributed by atoms with Crippen LogP contribution < -0.4 is 10.1 Å². The van der Waals surface area contributed by atoms with E-state index in [9.17, 15) is 14.4 Å². The van der Waals surface area contributed by atoms with Gasteiger partial charge in [0.25, 0.3) is 11.8 Å². The van der Waals surface area contributed by atoms with E-state index in [-0.39, 0.29) is 11.9 Å². The standard InChI is InChI=1S/C15H17NO5/c1-9-7-12(9)15(19)21-8-13(17)16-14(18)10-3-5-11(20-2)6-4-10/h3-6,9,12H,7-8H2,1-2H3,(H,16,17,18). The van der Waals surface area contributed by atoms with Crippen LogP contribution in [0.1, 0.15) is 23.7 Å². The molecular weight excluding hydrogens is 274 g/mol. The van der Waals surface area contributed by atoms with E-state index in [2.05, 4.69) is 5.32 Å². The number of rotatable bonds is 5. The van der Waals surface area contributed by atoms with E-state index in [0.717, 1.165) is 6.42 Å². The molecule has 21 heavy (non-hydrogen) atoms. The summed E-state index contributed by atoms with van der Waals surface area (Å²) in [6, 6.07) is 6.32. The highest BCUT2D eigenvalue weighted by atomic mass is 16.5. The van der Waals surface area contributed by atoms with Crippen LogP contribution in [0.2, 0.25) is 0 Å². The first-order chi connectivity index (χ1) is 10.0. The molecule has 0 spiro atoms. The van der Waals surface area contributed by atoms with E-state index in [1.807, 2.05) is 6.92 Å². The number of amides is 2. The van der Waals surface area contributed by atoms with Gasteiger partial charge < -0.3 is 9.47 Å². The molecule has 0 heterocycles. The predicted octanol–water partition coefficient (Wildman–Crippen LogP) is 1.15. The smallest absolute Gasteiger partial charge is 0.309 e. The van der Waals surface area contributed by atoms with Gasteiger partial charge in [-0.3, -0.25) is 19.7 Å². The monoisotopic (exact) mass is 291 g/mol. The van der Waals surface area contributed by atoms with Gasteiger partial charge in [-0.15, -0.1) is 0 Å². The number of carbonyl (C=O) groups is 3. The fourth-order valence-electron chi connectivity index (χ4n) is 1.87. The first-order valence-corrected chi connectivity index (χ1v) is 6.66. The van der Waals surface area contributed by atoms with Crippen LogP contribution in [-0.2, 0) is 14.3 Å². The van der Waals surface area contributed by atoms with Crippen LogP contribution in [0, 0.1) is 11.8 Å². The van der Waals surface area contributed by atoms with Crippen LogP contribution in [-0.4, -0.2) is 31.5 Å². The normalized spacial score (nSPS) is 19.5. The van der Waals surface area contributed by atoms with E-state index in [4.69, 9.17) is 9.47 Å². The van der Waals surface area contributed by atoms with Crippen molar-refractivity contribution in [2.24, 2.45) is 11.8 Å². The third kappa shape index (κ3) is 4.05. The Morgan fingerprint density at radius 3 is 2.38 bits per heavy atom. The molecule has 6 heteroatoms. The third-order valence-electron chi connectivity index (χ3n) is 3.36. The molecule has 1 saturated carbocycles. The van der Waals surface area contributed by atoms with Crippen molar-refractivity contribution in [2.75, 3.05) is 13.7 Å². The molecule has 2 unspecified atom stereocenters. The van der Waals surface area contributed by atoms with Crippen molar-refractivity contribution in [2.45, 2.75) is 13.3 Å². The maximum absolute atomic E-state index is 11.8. The maximum atomic E-state index is 11.8. The minimum atomic E-state index is -0.641. The lowest BCUT2D eigenvalue weighted by Gasteiger charge is -2.06. The average Bonchev–Trinajstić information content (AvgIpc) is 3.22. The summed E-state index contributed by atoms with van der Waals surface area (Å²) in [5, 5.41) is 2.16. The molecule has 2 amide bonds. The highest BCUT2D eigenvalue weighted by Gasteiger charge is 2.40. The van der Waals surface area contributed by atoms with Crippen molar-refractivity contribution in [1.29, 1.82) is 0 Å². The molecule has 1 aromatic carbocycles. The molecule has 1 N–H and O–H groups in total. The second-order valence-electron chi connectivity index (χ2n) is 5.03. The molecule has 0 bridgehead atoms. The first-order valence-electron chi connectivity index (χ1n) is 6.66. The minimum absolute atomic E-state index is 0.102. The zero-order valence-corrected chi connectivity index (χ0v) is 11.9. The van der Waals surface area contributed by atoms with E-state index in [1.165, 1.54) is 7.11 Å². The zero-order valence-electron chi connectivity index (χ0n) is 11.9. The molecule has 1 aromatic rings. The van der Waals surface area contributed by atoms with Crippen LogP contribution in [0.5, 0.6) is 5.75 Å². The van der Waals surface area contributed by atoms with Gasteiger partial charge in [0.15, 0.2) is 6.61 Å². The van der Waals surface area contributed by atoms with Crippen LogP contribution in [0.25, 0.3) is 0 Å². The highest BCUT2D eigenvalue weighted by molar-refractivity contribution is 6.05. The summed E-state index contributed by atoms with van der Waals surface area (Å²) in [7, 11) is 1.52. The van der Waals surface area contributed by atoms with E-state index >= 15 is 0 Å². The van der Waals surface area contributed by atoms with Crippen molar-refractivity contribution < 1.29 is 23.9 Å². The molecule has 0 aliphatic heterocycles. The number of methoxy groups -OCH3 is 1. The van der Waals surface area contributed by atoms with Crippen molar-refractivity contribution >= 4 is 17.8 Å². The molecule has 1 aliphatic rings. The van der Waals surface area contributed by atoms with Crippen LogP contribution in [0.4, 0.5) is 0 Å².